The lowest BCUT2D eigenvalue weighted by atomic mass is 9.95. The van der Waals surface area contributed by atoms with E-state index in [4.69, 9.17) is 5.11 Å². The number of aliphatic hydroxyl groups excluding tert-OH is 1. The molecule has 4 rings (SSSR count). The molecule has 0 saturated carbocycles. The number of likely N-dealkylation sites (tertiary alicyclic amines) is 2. The molecule has 2 saturated heterocycles. The van der Waals surface area contributed by atoms with Crippen molar-refractivity contribution in [1.82, 2.24) is 15.1 Å². The molecule has 2 N–H and O–H groups in total. The van der Waals surface area contributed by atoms with Crippen molar-refractivity contribution >= 4 is 39.1 Å². The average Bonchev–Trinajstić information content (AvgIpc) is 3.35. The molecule has 2 aliphatic heterocycles. The lowest BCUT2D eigenvalue weighted by Crippen LogP contribution is -2.41. The minimum atomic E-state index is -0.176. The van der Waals surface area contributed by atoms with Gasteiger partial charge in [0.1, 0.15) is 0 Å². The Morgan fingerprint density at radius 2 is 2.00 bits per heavy atom. The molecule has 166 valence electrons. The first-order chi connectivity index (χ1) is 15.1. The molecule has 1 atom stereocenters. The van der Waals surface area contributed by atoms with Gasteiger partial charge in [0.15, 0.2) is 0 Å². The van der Waals surface area contributed by atoms with Crippen molar-refractivity contribution in [3.05, 3.63) is 34.7 Å². The number of carbonyl (C=O) groups excluding carboxylic acids is 3. The quantitative estimate of drug-likeness (QED) is 0.717. The highest BCUT2D eigenvalue weighted by atomic mass is 32.1. The Labute approximate surface area is 186 Å². The number of amides is 3. The summed E-state index contributed by atoms with van der Waals surface area (Å²) in [7, 11) is 0. The molecule has 2 fully saturated rings. The Morgan fingerprint density at radius 1 is 1.16 bits per heavy atom. The number of benzene rings is 1. The average molecular weight is 444 g/mol. The van der Waals surface area contributed by atoms with Crippen LogP contribution in [0.3, 0.4) is 0 Å². The van der Waals surface area contributed by atoms with Gasteiger partial charge in [0.25, 0.3) is 5.91 Å². The molecular formula is C23H29N3O4S. The number of hydrogen-bond donors (Lipinski definition) is 2. The summed E-state index contributed by atoms with van der Waals surface area (Å²) in [4.78, 5) is 42.2. The highest BCUT2D eigenvalue weighted by molar-refractivity contribution is 7.21. The van der Waals surface area contributed by atoms with E-state index in [-0.39, 0.29) is 43.3 Å². The summed E-state index contributed by atoms with van der Waals surface area (Å²) < 4.78 is 1.05. The summed E-state index contributed by atoms with van der Waals surface area (Å²) in [5, 5.41) is 12.9. The maximum Gasteiger partial charge on any atom is 0.261 e. The molecule has 1 aromatic carbocycles. The highest BCUT2D eigenvalue weighted by Gasteiger charge is 2.33. The Hall–Kier alpha value is -2.45. The van der Waals surface area contributed by atoms with Crippen LogP contribution in [0.1, 0.15) is 53.3 Å². The number of carbonyl (C=O) groups is 3. The van der Waals surface area contributed by atoms with Gasteiger partial charge in [-0.3, -0.25) is 14.4 Å². The maximum absolute atomic E-state index is 12.9. The van der Waals surface area contributed by atoms with Crippen molar-refractivity contribution in [3.63, 3.8) is 0 Å². The van der Waals surface area contributed by atoms with Crippen LogP contribution < -0.4 is 5.32 Å². The molecule has 0 radical (unpaired) electrons. The van der Waals surface area contributed by atoms with E-state index in [0.717, 1.165) is 41.3 Å². The van der Waals surface area contributed by atoms with E-state index < -0.39 is 0 Å². The summed E-state index contributed by atoms with van der Waals surface area (Å²) in [5.74, 6) is -0.0307. The lowest BCUT2D eigenvalue weighted by molar-refractivity contribution is -0.139. The Morgan fingerprint density at radius 3 is 2.84 bits per heavy atom. The summed E-state index contributed by atoms with van der Waals surface area (Å²) in [5.41, 5.74) is 0.997. The van der Waals surface area contributed by atoms with Crippen LogP contribution in [-0.2, 0) is 9.59 Å². The SMILES string of the molecule is O=C(NCCO)c1sc2ccccc2c1C1CCN(C(=O)CN2CCCCCC2=O)C1. The lowest BCUT2D eigenvalue weighted by Gasteiger charge is -2.24. The largest absolute Gasteiger partial charge is 0.395 e. The van der Waals surface area contributed by atoms with Gasteiger partial charge in [-0.25, -0.2) is 0 Å². The molecule has 1 aromatic heterocycles. The number of nitrogens with zero attached hydrogens (tertiary/aromatic N) is 2. The zero-order valence-corrected chi connectivity index (χ0v) is 18.5. The summed E-state index contributed by atoms with van der Waals surface area (Å²) >= 11 is 1.46. The first-order valence-electron chi connectivity index (χ1n) is 11.0. The summed E-state index contributed by atoms with van der Waals surface area (Å²) in [6.07, 6.45) is 4.22. The van der Waals surface area contributed by atoms with Crippen LogP contribution in [0.4, 0.5) is 0 Å². The second kappa shape index (κ2) is 9.78. The normalized spacial score (nSPS) is 19.6. The molecule has 0 spiro atoms. The van der Waals surface area contributed by atoms with Crippen LogP contribution in [0.5, 0.6) is 0 Å². The van der Waals surface area contributed by atoms with Gasteiger partial charge >= 0.3 is 0 Å². The van der Waals surface area contributed by atoms with Gasteiger partial charge in [0.05, 0.1) is 18.0 Å². The third-order valence-corrected chi connectivity index (χ3v) is 7.37. The van der Waals surface area contributed by atoms with Crippen LogP contribution in [-0.4, -0.2) is 72.0 Å². The van der Waals surface area contributed by atoms with Gasteiger partial charge in [-0.05, 0) is 36.3 Å². The van der Waals surface area contributed by atoms with Crippen molar-refractivity contribution < 1.29 is 19.5 Å². The molecule has 7 nitrogen and oxygen atoms in total. The minimum absolute atomic E-state index is 0.0106. The Balaban J connectivity index is 1.51. The van der Waals surface area contributed by atoms with Gasteiger partial charge in [0.2, 0.25) is 11.8 Å². The number of fused-ring (bicyclic) bond motifs is 1. The van der Waals surface area contributed by atoms with E-state index in [1.54, 1.807) is 4.90 Å². The van der Waals surface area contributed by atoms with Crippen LogP contribution >= 0.6 is 11.3 Å². The van der Waals surface area contributed by atoms with E-state index in [1.807, 2.05) is 29.2 Å². The number of aliphatic hydroxyl groups is 1. The number of hydrogen-bond acceptors (Lipinski definition) is 5. The standard InChI is InChI=1S/C23H29N3O4S/c27-13-10-24-23(30)22-21(17-6-3-4-7-18(17)31-22)16-9-12-26(14-16)20(29)15-25-11-5-1-2-8-19(25)28/h3-4,6-7,16,27H,1-2,5,8-15H2,(H,24,30). The van der Waals surface area contributed by atoms with E-state index in [9.17, 15) is 14.4 Å². The predicted octanol–water partition coefficient (Wildman–Crippen LogP) is 2.34. The topological polar surface area (TPSA) is 89.9 Å². The van der Waals surface area contributed by atoms with E-state index in [0.29, 0.717) is 30.9 Å². The molecule has 31 heavy (non-hydrogen) atoms. The molecule has 2 aliphatic rings. The number of thiophene rings is 1. The van der Waals surface area contributed by atoms with Crippen molar-refractivity contribution in [1.29, 1.82) is 0 Å². The second-order valence-corrected chi connectivity index (χ2v) is 9.32. The summed E-state index contributed by atoms with van der Waals surface area (Å²) in [6, 6.07) is 7.97. The van der Waals surface area contributed by atoms with Crippen molar-refractivity contribution in [2.45, 2.75) is 38.0 Å². The third kappa shape index (κ3) is 4.75. The van der Waals surface area contributed by atoms with Gasteiger partial charge in [-0.15, -0.1) is 11.3 Å². The highest BCUT2D eigenvalue weighted by Crippen LogP contribution is 2.40. The fraction of sp³-hybridized carbons (Fsp3) is 0.522. The molecule has 3 amide bonds. The van der Waals surface area contributed by atoms with Crippen LogP contribution in [0.25, 0.3) is 10.1 Å². The predicted molar refractivity (Wildman–Crippen MR) is 120 cm³/mol. The van der Waals surface area contributed by atoms with Crippen LogP contribution in [0.2, 0.25) is 0 Å². The van der Waals surface area contributed by atoms with Crippen LogP contribution in [0, 0.1) is 0 Å². The zero-order valence-electron chi connectivity index (χ0n) is 17.6. The number of nitrogens with one attached hydrogen (secondary N) is 1. The first-order valence-corrected chi connectivity index (χ1v) is 11.9. The fourth-order valence-corrected chi connectivity index (χ4v) is 5.79. The van der Waals surface area contributed by atoms with E-state index in [1.165, 1.54) is 11.3 Å². The molecule has 0 aliphatic carbocycles. The van der Waals surface area contributed by atoms with E-state index in [2.05, 4.69) is 5.32 Å². The third-order valence-electron chi connectivity index (χ3n) is 6.18. The minimum Gasteiger partial charge on any atom is -0.395 e. The Bertz CT molecular complexity index is 973. The number of rotatable bonds is 6. The van der Waals surface area contributed by atoms with E-state index >= 15 is 0 Å². The molecule has 0 bridgehead atoms. The summed E-state index contributed by atoms with van der Waals surface area (Å²) in [6.45, 7) is 2.11. The Kier molecular flexibility index (Phi) is 6.87. The smallest absolute Gasteiger partial charge is 0.261 e. The molecule has 8 heteroatoms. The van der Waals surface area contributed by atoms with Crippen LogP contribution in [0.15, 0.2) is 24.3 Å². The monoisotopic (exact) mass is 443 g/mol. The van der Waals surface area contributed by atoms with Gasteiger partial charge in [-0.2, -0.15) is 0 Å². The van der Waals surface area contributed by atoms with Crippen molar-refractivity contribution in [2.24, 2.45) is 0 Å². The molecule has 1 unspecified atom stereocenters. The zero-order chi connectivity index (χ0) is 21.8. The molecular weight excluding hydrogens is 414 g/mol. The molecule has 3 heterocycles. The second-order valence-electron chi connectivity index (χ2n) is 8.27. The first kappa shape index (κ1) is 21.8. The van der Waals surface area contributed by atoms with Gasteiger partial charge in [-0.1, -0.05) is 24.6 Å². The fourth-order valence-electron chi connectivity index (χ4n) is 4.58. The van der Waals surface area contributed by atoms with Gasteiger partial charge in [0, 0.05) is 43.2 Å². The molecule has 2 aromatic rings. The van der Waals surface area contributed by atoms with Gasteiger partial charge < -0.3 is 20.2 Å². The van der Waals surface area contributed by atoms with Crippen molar-refractivity contribution in [2.75, 3.05) is 39.3 Å². The van der Waals surface area contributed by atoms with Crippen molar-refractivity contribution in [3.8, 4) is 0 Å². The maximum atomic E-state index is 12.9.